The second kappa shape index (κ2) is 7.73. The highest BCUT2D eigenvalue weighted by molar-refractivity contribution is 6.30. The Morgan fingerprint density at radius 3 is 2.29 bits per heavy atom. The summed E-state index contributed by atoms with van der Waals surface area (Å²) in [7, 11) is 0. The van der Waals surface area contributed by atoms with Gasteiger partial charge in [0, 0.05) is 22.9 Å². The first-order valence-electron chi connectivity index (χ1n) is 9.52. The molecule has 3 nitrogen and oxygen atoms in total. The molecule has 0 bridgehead atoms. The van der Waals surface area contributed by atoms with Gasteiger partial charge in [-0.1, -0.05) is 54.4 Å². The van der Waals surface area contributed by atoms with Crippen LogP contribution in [0.25, 0.3) is 6.08 Å². The smallest absolute Gasteiger partial charge is 0.240 e. The lowest BCUT2D eigenvalue weighted by Crippen LogP contribution is -2.32. The monoisotopic (exact) mass is 412 g/mol. The molecule has 1 heterocycles. The molecule has 4 rings (SSSR count). The van der Waals surface area contributed by atoms with Gasteiger partial charge < -0.3 is 0 Å². The van der Waals surface area contributed by atoms with Gasteiger partial charge in [-0.15, -0.1) is 0 Å². The van der Waals surface area contributed by atoms with Gasteiger partial charge in [-0.25, -0.2) is 5.01 Å². The molecule has 0 saturated heterocycles. The highest BCUT2D eigenvalue weighted by atomic mass is 35.5. The van der Waals surface area contributed by atoms with Gasteiger partial charge in [0.15, 0.2) is 0 Å². The summed E-state index contributed by atoms with van der Waals surface area (Å²) in [5, 5.41) is 7.86. The number of carbonyl (C=O) groups excluding carboxylic acids is 1. The molecular weight excluding hydrogens is 391 g/mol. The van der Waals surface area contributed by atoms with E-state index in [0.29, 0.717) is 10.9 Å². The van der Waals surface area contributed by atoms with E-state index in [0.717, 1.165) is 34.7 Å². The molecule has 1 fully saturated rings. The van der Waals surface area contributed by atoms with Gasteiger partial charge in [0.1, 0.15) is 0 Å². The maximum Gasteiger partial charge on any atom is 0.240 e. The largest absolute Gasteiger partial charge is 0.273 e. The van der Waals surface area contributed by atoms with Crippen LogP contribution in [0.2, 0.25) is 10.0 Å². The number of fused-ring (bicyclic) bond motifs is 1. The van der Waals surface area contributed by atoms with Crippen LogP contribution in [0.5, 0.6) is 0 Å². The van der Waals surface area contributed by atoms with Crippen molar-refractivity contribution in [1.82, 2.24) is 5.01 Å². The lowest BCUT2D eigenvalue weighted by molar-refractivity contribution is -0.131. The molecule has 1 aliphatic carbocycles. The number of rotatable bonds is 2. The maximum atomic E-state index is 12.4. The van der Waals surface area contributed by atoms with Crippen molar-refractivity contribution in [1.29, 1.82) is 0 Å². The molecule has 5 heteroatoms. The van der Waals surface area contributed by atoms with Gasteiger partial charge in [-0.3, -0.25) is 4.79 Å². The Morgan fingerprint density at radius 1 is 1.07 bits per heavy atom. The summed E-state index contributed by atoms with van der Waals surface area (Å²) >= 11 is 12.1. The van der Waals surface area contributed by atoms with Crippen LogP contribution in [0.3, 0.4) is 0 Å². The van der Waals surface area contributed by atoms with Crippen LogP contribution < -0.4 is 0 Å². The molecular formula is C23H22Cl2N2O. The van der Waals surface area contributed by atoms with E-state index in [1.807, 2.05) is 48.5 Å². The minimum Gasteiger partial charge on any atom is -0.273 e. The number of amides is 1. The van der Waals surface area contributed by atoms with E-state index < -0.39 is 0 Å². The number of halogens is 2. The summed E-state index contributed by atoms with van der Waals surface area (Å²) in [6.07, 6.45) is 4.14. The summed E-state index contributed by atoms with van der Waals surface area (Å²) in [6.45, 7) is 3.85. The molecule has 28 heavy (non-hydrogen) atoms. The van der Waals surface area contributed by atoms with Gasteiger partial charge in [-0.05, 0) is 65.8 Å². The minimum atomic E-state index is -0.0823. The van der Waals surface area contributed by atoms with Crippen LogP contribution in [-0.4, -0.2) is 16.6 Å². The first-order chi connectivity index (χ1) is 13.4. The lowest BCUT2D eigenvalue weighted by Gasteiger charge is -2.32. The van der Waals surface area contributed by atoms with E-state index >= 15 is 0 Å². The summed E-state index contributed by atoms with van der Waals surface area (Å²) < 4.78 is 0. The van der Waals surface area contributed by atoms with Gasteiger partial charge in [0.25, 0.3) is 0 Å². The van der Waals surface area contributed by atoms with E-state index in [2.05, 4.69) is 13.0 Å². The predicted molar refractivity (Wildman–Crippen MR) is 115 cm³/mol. The van der Waals surface area contributed by atoms with Crippen LogP contribution in [-0.2, 0) is 4.79 Å². The minimum absolute atomic E-state index is 0.0413. The van der Waals surface area contributed by atoms with E-state index in [1.54, 1.807) is 11.9 Å². The normalized spacial score (nSPS) is 25.6. The highest BCUT2D eigenvalue weighted by Gasteiger charge is 2.44. The number of carbonyl (C=O) groups is 1. The Hall–Kier alpha value is -2.10. The number of allylic oxidation sites excluding steroid dienone is 1. The quantitative estimate of drug-likeness (QED) is 0.562. The Kier molecular flexibility index (Phi) is 5.31. The molecule has 2 aromatic carbocycles. The average molecular weight is 413 g/mol. The third kappa shape index (κ3) is 3.74. The molecule has 1 amide bonds. The zero-order valence-corrected chi connectivity index (χ0v) is 17.4. The van der Waals surface area contributed by atoms with Crippen LogP contribution in [0.1, 0.15) is 43.9 Å². The first kappa shape index (κ1) is 19.2. The Bertz CT molecular complexity index is 948. The molecule has 1 aliphatic heterocycles. The third-order valence-corrected chi connectivity index (χ3v) is 6.01. The molecule has 0 aromatic heterocycles. The number of nitrogens with zero attached hydrogens (tertiary/aromatic N) is 2. The van der Waals surface area contributed by atoms with Crippen molar-refractivity contribution in [3.63, 3.8) is 0 Å². The standard InChI is InChI=1S/C23H22Cl2N2O/c1-14-11-18(13-16-3-7-19(24)8-4-16)22-21(12-14)23(27(26-22)15(2)28)17-5-9-20(25)10-6-17/h3-10,13-14,21,23H,11-12H2,1-2H3/b18-13-/t14-,21-,23+/m1/s1. The predicted octanol–water partition coefficient (Wildman–Crippen LogP) is 6.38. The molecule has 1 saturated carbocycles. The van der Waals surface area contributed by atoms with Crippen LogP contribution in [0.15, 0.2) is 59.2 Å². The third-order valence-electron chi connectivity index (χ3n) is 5.51. The van der Waals surface area contributed by atoms with Crippen molar-refractivity contribution in [3.05, 3.63) is 75.3 Å². The number of hydrogen-bond donors (Lipinski definition) is 0. The topological polar surface area (TPSA) is 32.7 Å². The van der Waals surface area contributed by atoms with Crippen LogP contribution in [0.4, 0.5) is 0 Å². The van der Waals surface area contributed by atoms with Gasteiger partial charge >= 0.3 is 0 Å². The zero-order valence-electron chi connectivity index (χ0n) is 15.9. The van der Waals surface area contributed by atoms with Crippen molar-refractivity contribution in [2.24, 2.45) is 16.9 Å². The molecule has 0 radical (unpaired) electrons. The average Bonchev–Trinajstić information content (AvgIpc) is 3.04. The zero-order chi connectivity index (χ0) is 19.8. The van der Waals surface area contributed by atoms with Gasteiger partial charge in [0.2, 0.25) is 5.91 Å². The van der Waals surface area contributed by atoms with Crippen molar-refractivity contribution >= 4 is 40.9 Å². The molecule has 0 spiro atoms. The summed E-state index contributed by atoms with van der Waals surface area (Å²) in [5.41, 5.74) is 4.40. The van der Waals surface area contributed by atoms with E-state index in [-0.39, 0.29) is 17.9 Å². The van der Waals surface area contributed by atoms with E-state index in [1.165, 1.54) is 5.57 Å². The van der Waals surface area contributed by atoms with Crippen LogP contribution >= 0.6 is 23.2 Å². The van der Waals surface area contributed by atoms with Crippen molar-refractivity contribution in [3.8, 4) is 0 Å². The molecule has 3 atom stereocenters. The lowest BCUT2D eigenvalue weighted by atomic mass is 9.73. The number of hydrogen-bond acceptors (Lipinski definition) is 2. The van der Waals surface area contributed by atoms with Gasteiger partial charge in [0.05, 0.1) is 11.8 Å². The molecule has 0 N–H and O–H groups in total. The first-order valence-corrected chi connectivity index (χ1v) is 10.3. The fraction of sp³-hybridized carbons (Fsp3) is 0.304. The van der Waals surface area contributed by atoms with Crippen LogP contribution in [0, 0.1) is 11.8 Å². The SMILES string of the molecule is CC(=O)N1N=C2/C(=C\c3ccc(Cl)cc3)C[C@@H](C)C[C@H]2[C@@H]1c1ccc(Cl)cc1. The molecule has 2 aliphatic rings. The molecule has 0 unspecified atom stereocenters. The number of hydrazone groups is 1. The van der Waals surface area contributed by atoms with Crippen molar-refractivity contribution < 1.29 is 4.79 Å². The fourth-order valence-electron chi connectivity index (χ4n) is 4.30. The Balaban J connectivity index is 1.75. The summed E-state index contributed by atoms with van der Waals surface area (Å²) in [4.78, 5) is 12.4. The Labute approximate surface area is 175 Å². The molecule has 144 valence electrons. The second-order valence-electron chi connectivity index (χ2n) is 7.72. The van der Waals surface area contributed by atoms with Crippen molar-refractivity contribution in [2.75, 3.05) is 0 Å². The fourth-order valence-corrected chi connectivity index (χ4v) is 4.56. The number of benzene rings is 2. The Morgan fingerprint density at radius 2 is 1.68 bits per heavy atom. The van der Waals surface area contributed by atoms with Crippen molar-refractivity contribution in [2.45, 2.75) is 32.7 Å². The highest BCUT2D eigenvalue weighted by Crippen LogP contribution is 2.46. The van der Waals surface area contributed by atoms with Gasteiger partial charge in [-0.2, -0.15) is 5.10 Å². The second-order valence-corrected chi connectivity index (χ2v) is 8.59. The van der Waals surface area contributed by atoms with E-state index in [4.69, 9.17) is 28.3 Å². The summed E-state index contributed by atoms with van der Waals surface area (Å²) in [5.74, 6) is 0.664. The van der Waals surface area contributed by atoms with E-state index in [9.17, 15) is 4.79 Å². The maximum absolute atomic E-state index is 12.4. The molecule has 2 aromatic rings. The summed E-state index contributed by atoms with van der Waals surface area (Å²) in [6, 6.07) is 15.5.